The number of carbonyl (C=O) groups is 1. The average Bonchev–Trinajstić information content (AvgIpc) is 3.30. The average molecular weight is 428 g/mol. The molecular weight excluding hydrogens is 411 g/mol. The maximum absolute atomic E-state index is 15.2. The largest absolute Gasteiger partial charge is 0.489 e. The van der Waals surface area contributed by atoms with E-state index in [1.807, 2.05) is 0 Å². The van der Waals surface area contributed by atoms with Crippen LogP contribution in [0.25, 0.3) is 11.3 Å². The van der Waals surface area contributed by atoms with E-state index in [0.29, 0.717) is 22.8 Å². The lowest BCUT2D eigenvalue weighted by Gasteiger charge is -2.16. The molecule has 2 aromatic heterocycles. The number of aryl methyl sites for hydroxylation is 1. The zero-order valence-corrected chi connectivity index (χ0v) is 17.1. The Kier molecular flexibility index (Phi) is 4.60. The number of primary amides is 1. The highest BCUT2D eigenvalue weighted by molar-refractivity contribution is 7.14. The van der Waals surface area contributed by atoms with E-state index in [2.05, 4.69) is 27.0 Å². The van der Waals surface area contributed by atoms with Gasteiger partial charge < -0.3 is 20.0 Å². The predicted molar refractivity (Wildman–Crippen MR) is 106 cm³/mol. The lowest BCUT2D eigenvalue weighted by molar-refractivity contribution is 0.0881. The second kappa shape index (κ2) is 6.90. The number of halogens is 1. The topological polar surface area (TPSA) is 124 Å². The van der Waals surface area contributed by atoms with Gasteiger partial charge in [0.2, 0.25) is 11.5 Å². The number of carbonyl (C=O) groups excluding carboxylic acids is 1. The van der Waals surface area contributed by atoms with E-state index in [4.69, 9.17) is 14.9 Å². The van der Waals surface area contributed by atoms with Crippen LogP contribution in [0.15, 0.2) is 22.6 Å². The molecule has 154 valence electrons. The van der Waals surface area contributed by atoms with Crippen molar-refractivity contribution >= 4 is 17.2 Å². The summed E-state index contributed by atoms with van der Waals surface area (Å²) in [6.07, 6.45) is 0. The van der Waals surface area contributed by atoms with Gasteiger partial charge in [-0.3, -0.25) is 4.79 Å². The van der Waals surface area contributed by atoms with Crippen molar-refractivity contribution in [1.29, 1.82) is 0 Å². The van der Waals surface area contributed by atoms with Gasteiger partial charge in [0.25, 0.3) is 11.8 Å². The molecule has 3 heterocycles. The number of ether oxygens (including phenoxy) is 1. The Bertz CT molecular complexity index is 1220. The standard InChI is InChI=1S/C20H17FN4O4S/c1-10-24-25-18(29-10)20(3,27)7-6-11-4-5-13-12(8-11)14-15(19(2,21)9-28-13)30-17(23-14)16(22)26/h4-5,8,27H,9H2,1-3H3,(H2,22,26)/t19?,20-/m1/s1. The van der Waals surface area contributed by atoms with Crippen LogP contribution in [0.4, 0.5) is 4.39 Å². The summed E-state index contributed by atoms with van der Waals surface area (Å²) in [5, 5.41) is 18.0. The highest BCUT2D eigenvalue weighted by Gasteiger charge is 2.38. The molecule has 4 rings (SSSR count). The smallest absolute Gasteiger partial charge is 0.277 e. The third kappa shape index (κ3) is 3.53. The van der Waals surface area contributed by atoms with Crippen LogP contribution in [-0.4, -0.2) is 32.8 Å². The third-order valence-electron chi connectivity index (χ3n) is 4.44. The third-order valence-corrected chi connectivity index (χ3v) is 5.75. The molecule has 1 aliphatic rings. The van der Waals surface area contributed by atoms with Crippen LogP contribution in [0.3, 0.4) is 0 Å². The summed E-state index contributed by atoms with van der Waals surface area (Å²) in [5.41, 5.74) is 3.12. The van der Waals surface area contributed by atoms with Crippen molar-refractivity contribution in [2.24, 2.45) is 5.73 Å². The molecule has 30 heavy (non-hydrogen) atoms. The molecular formula is C20H17FN4O4S. The molecule has 10 heteroatoms. The Morgan fingerprint density at radius 1 is 1.43 bits per heavy atom. The number of alkyl halides is 1. The molecule has 0 radical (unpaired) electrons. The molecule has 8 nitrogen and oxygen atoms in total. The summed E-state index contributed by atoms with van der Waals surface area (Å²) in [6, 6.07) is 4.96. The Hall–Kier alpha value is -3.29. The van der Waals surface area contributed by atoms with Gasteiger partial charge in [-0.2, -0.15) is 0 Å². The van der Waals surface area contributed by atoms with Gasteiger partial charge in [-0.05, 0) is 32.0 Å². The summed E-state index contributed by atoms with van der Waals surface area (Å²) in [7, 11) is 0. The van der Waals surface area contributed by atoms with Crippen molar-refractivity contribution in [3.8, 4) is 28.8 Å². The van der Waals surface area contributed by atoms with E-state index in [1.165, 1.54) is 13.8 Å². The van der Waals surface area contributed by atoms with Crippen LogP contribution < -0.4 is 10.5 Å². The molecule has 0 aliphatic carbocycles. The van der Waals surface area contributed by atoms with Gasteiger partial charge in [-0.15, -0.1) is 21.5 Å². The van der Waals surface area contributed by atoms with Crippen molar-refractivity contribution in [3.63, 3.8) is 0 Å². The minimum Gasteiger partial charge on any atom is -0.489 e. The Morgan fingerprint density at radius 3 is 2.87 bits per heavy atom. The van der Waals surface area contributed by atoms with Crippen molar-refractivity contribution in [1.82, 2.24) is 15.2 Å². The van der Waals surface area contributed by atoms with Gasteiger partial charge in [0.15, 0.2) is 10.7 Å². The fourth-order valence-corrected chi connectivity index (χ4v) is 3.85. The van der Waals surface area contributed by atoms with Crippen molar-refractivity contribution in [2.45, 2.75) is 32.0 Å². The maximum atomic E-state index is 15.2. The number of amides is 1. The number of fused-ring (bicyclic) bond motifs is 3. The van der Waals surface area contributed by atoms with Crippen molar-refractivity contribution in [2.75, 3.05) is 6.61 Å². The molecule has 3 aromatic rings. The first-order valence-corrected chi connectivity index (χ1v) is 9.72. The monoisotopic (exact) mass is 428 g/mol. The SMILES string of the molecule is Cc1nnc([C@](C)(O)C#Cc2ccc3c(c2)-c2nc(C(N)=O)sc2C(C)(F)CO3)o1. The van der Waals surface area contributed by atoms with Gasteiger partial charge in [0.1, 0.15) is 12.4 Å². The van der Waals surface area contributed by atoms with Crippen LogP contribution in [0.5, 0.6) is 5.75 Å². The maximum Gasteiger partial charge on any atom is 0.277 e. The zero-order valence-electron chi connectivity index (χ0n) is 16.3. The van der Waals surface area contributed by atoms with E-state index >= 15 is 4.39 Å². The minimum atomic E-state index is -1.84. The number of hydrogen-bond acceptors (Lipinski definition) is 8. The van der Waals surface area contributed by atoms with Crippen LogP contribution >= 0.6 is 11.3 Å². The van der Waals surface area contributed by atoms with Crippen LogP contribution in [-0.2, 0) is 11.3 Å². The van der Waals surface area contributed by atoms with E-state index in [-0.39, 0.29) is 28.1 Å². The highest BCUT2D eigenvalue weighted by Crippen LogP contribution is 2.45. The first-order valence-electron chi connectivity index (χ1n) is 8.90. The van der Waals surface area contributed by atoms with Crippen LogP contribution in [0, 0.1) is 18.8 Å². The Morgan fingerprint density at radius 2 is 2.20 bits per heavy atom. The molecule has 0 saturated carbocycles. The molecule has 0 spiro atoms. The Balaban J connectivity index is 1.78. The van der Waals surface area contributed by atoms with Gasteiger partial charge in [-0.25, -0.2) is 9.37 Å². The zero-order chi connectivity index (χ0) is 21.7. The summed E-state index contributed by atoms with van der Waals surface area (Å²) in [5.74, 6) is 5.51. The van der Waals surface area contributed by atoms with Gasteiger partial charge in [-0.1, -0.05) is 11.8 Å². The number of aliphatic hydroxyl groups is 1. The van der Waals surface area contributed by atoms with Crippen molar-refractivity contribution in [3.05, 3.63) is 45.4 Å². The molecule has 1 amide bonds. The molecule has 0 bridgehead atoms. The summed E-state index contributed by atoms with van der Waals surface area (Å²) in [6.45, 7) is 4.18. The number of nitrogens with two attached hydrogens (primary N) is 1. The van der Waals surface area contributed by atoms with E-state index in [1.54, 1.807) is 25.1 Å². The highest BCUT2D eigenvalue weighted by atomic mass is 32.1. The molecule has 1 aromatic carbocycles. The molecule has 1 aliphatic heterocycles. The number of hydrogen-bond donors (Lipinski definition) is 2. The fourth-order valence-electron chi connectivity index (χ4n) is 2.90. The quantitative estimate of drug-likeness (QED) is 0.601. The second-order valence-corrected chi connectivity index (χ2v) is 8.21. The minimum absolute atomic E-state index is 0.0166. The van der Waals surface area contributed by atoms with Crippen LogP contribution in [0.1, 0.15) is 45.9 Å². The molecule has 0 saturated heterocycles. The number of rotatable bonds is 2. The first kappa shape index (κ1) is 20.0. The molecule has 0 fully saturated rings. The van der Waals surface area contributed by atoms with Crippen molar-refractivity contribution < 1.29 is 23.4 Å². The lowest BCUT2D eigenvalue weighted by Crippen LogP contribution is -2.22. The number of nitrogens with zero attached hydrogens (tertiary/aromatic N) is 3. The number of thiazole rings is 1. The summed E-state index contributed by atoms with van der Waals surface area (Å²) >= 11 is 0.906. The predicted octanol–water partition coefficient (Wildman–Crippen LogP) is 2.44. The molecule has 2 atom stereocenters. The fraction of sp³-hybridized carbons (Fsp3) is 0.300. The van der Waals surface area contributed by atoms with E-state index in [0.717, 1.165) is 11.3 Å². The van der Waals surface area contributed by atoms with Gasteiger partial charge in [0.05, 0.1) is 10.6 Å². The summed E-state index contributed by atoms with van der Waals surface area (Å²) < 4.78 is 26.0. The van der Waals surface area contributed by atoms with Crippen LogP contribution in [0.2, 0.25) is 0 Å². The van der Waals surface area contributed by atoms with E-state index < -0.39 is 17.2 Å². The lowest BCUT2D eigenvalue weighted by atomic mass is 10.0. The Labute approximate surface area is 174 Å². The number of aromatic nitrogens is 3. The summed E-state index contributed by atoms with van der Waals surface area (Å²) in [4.78, 5) is 16.1. The molecule has 1 unspecified atom stereocenters. The van der Waals surface area contributed by atoms with E-state index in [9.17, 15) is 9.90 Å². The van der Waals surface area contributed by atoms with Gasteiger partial charge in [0, 0.05) is 18.1 Å². The first-order chi connectivity index (χ1) is 14.1. The number of benzene rings is 1. The second-order valence-electron chi connectivity index (χ2n) is 7.21. The van der Waals surface area contributed by atoms with Gasteiger partial charge >= 0.3 is 0 Å². The molecule has 3 N–H and O–H groups in total. The normalized spacial score (nSPS) is 19.4.